The number of thiophene rings is 1. The number of carbonyl (C=O) groups is 1. The van der Waals surface area contributed by atoms with Gasteiger partial charge in [0, 0.05) is 18.1 Å². The molecule has 0 bridgehead atoms. The molecule has 1 amide bonds. The normalized spacial score (nSPS) is 11.6. The zero-order valence-corrected chi connectivity index (χ0v) is 18.2. The number of nitrogens with one attached hydrogen (secondary N) is 1. The van der Waals surface area contributed by atoms with E-state index < -0.39 is 11.9 Å². The van der Waals surface area contributed by atoms with Crippen LogP contribution < -0.4 is 5.32 Å². The summed E-state index contributed by atoms with van der Waals surface area (Å²) in [5.74, 6) is -0.281. The van der Waals surface area contributed by atoms with Crippen molar-refractivity contribution in [1.29, 1.82) is 0 Å². The van der Waals surface area contributed by atoms with Crippen molar-refractivity contribution in [3.63, 3.8) is 0 Å². The maximum atomic E-state index is 12.7. The molecule has 0 spiro atoms. The zero-order valence-electron chi connectivity index (χ0n) is 15.8. The van der Waals surface area contributed by atoms with Crippen LogP contribution in [0.15, 0.2) is 64.8 Å². The molecule has 0 saturated carbocycles. The third-order valence-electron chi connectivity index (χ3n) is 4.31. The predicted molar refractivity (Wildman–Crippen MR) is 114 cm³/mol. The summed E-state index contributed by atoms with van der Waals surface area (Å²) in [7, 11) is 0. The average Bonchev–Trinajstić information content (AvgIpc) is 3.45. The van der Waals surface area contributed by atoms with Crippen LogP contribution in [0.25, 0.3) is 0 Å². The van der Waals surface area contributed by atoms with E-state index in [2.05, 4.69) is 31.4 Å². The molecule has 0 saturated heterocycles. The quantitative estimate of drug-likeness (QED) is 0.385. The van der Waals surface area contributed by atoms with E-state index in [0.717, 1.165) is 16.1 Å². The van der Waals surface area contributed by atoms with E-state index in [9.17, 15) is 18.0 Å². The minimum absolute atomic E-state index is 0.151. The first kappa shape index (κ1) is 21.3. The number of anilines is 1. The lowest BCUT2D eigenvalue weighted by Crippen LogP contribution is -2.10. The summed E-state index contributed by atoms with van der Waals surface area (Å²) in [5.41, 5.74) is 1.44. The molecule has 31 heavy (non-hydrogen) atoms. The van der Waals surface area contributed by atoms with Gasteiger partial charge in [0.25, 0.3) is 5.91 Å². The van der Waals surface area contributed by atoms with Crippen LogP contribution in [0.5, 0.6) is 0 Å². The monoisotopic (exact) mass is 509 g/mol. The van der Waals surface area contributed by atoms with E-state index in [1.165, 1.54) is 22.2 Å². The molecule has 6 nitrogen and oxygen atoms in total. The molecular weight excluding hydrogens is 495 g/mol. The maximum Gasteiger partial charge on any atom is 0.435 e. The third kappa shape index (κ3) is 5.42. The van der Waals surface area contributed by atoms with Crippen LogP contribution in [0.4, 0.5) is 18.9 Å². The maximum absolute atomic E-state index is 12.7. The van der Waals surface area contributed by atoms with Crippen LogP contribution in [0.3, 0.4) is 0 Å². The van der Waals surface area contributed by atoms with E-state index in [4.69, 9.17) is 0 Å². The van der Waals surface area contributed by atoms with E-state index in [-0.39, 0.29) is 12.5 Å². The molecule has 0 aliphatic heterocycles. The van der Waals surface area contributed by atoms with Gasteiger partial charge in [0.05, 0.1) is 28.6 Å². The summed E-state index contributed by atoms with van der Waals surface area (Å²) < 4.78 is 41.9. The number of carbonyl (C=O) groups excluding carboxylic acids is 1. The molecular formula is C20H15BrF3N5OS. The molecule has 0 unspecified atom stereocenters. The van der Waals surface area contributed by atoms with E-state index in [1.807, 2.05) is 30.5 Å². The van der Waals surface area contributed by atoms with Gasteiger partial charge in [-0.25, -0.2) is 0 Å². The van der Waals surface area contributed by atoms with E-state index in [1.54, 1.807) is 22.3 Å². The summed E-state index contributed by atoms with van der Waals surface area (Å²) in [6.45, 7) is 0.760. The summed E-state index contributed by atoms with van der Waals surface area (Å²) in [6.07, 6.45) is 0.377. The Morgan fingerprint density at radius 3 is 2.48 bits per heavy atom. The van der Waals surface area contributed by atoms with Crippen molar-refractivity contribution in [1.82, 2.24) is 19.6 Å². The van der Waals surface area contributed by atoms with Crippen molar-refractivity contribution in [3.05, 3.63) is 86.5 Å². The van der Waals surface area contributed by atoms with E-state index in [0.29, 0.717) is 22.7 Å². The minimum atomic E-state index is -4.48. The Kier molecular flexibility index (Phi) is 5.96. The first-order chi connectivity index (χ1) is 14.8. The molecule has 1 N–H and O–H groups in total. The SMILES string of the molecule is O=C(Nc1ccc(Cn2cc(Br)cn2)cc1)c1cc(Cn2ccc(C(F)(F)F)n2)cs1. The van der Waals surface area contributed by atoms with Crippen molar-refractivity contribution in [2.75, 3.05) is 5.32 Å². The standard InChI is InChI=1S/C20H15BrF3N5OS/c21-15-8-25-29(11-15)9-13-1-3-16(4-2-13)26-19(30)17-7-14(12-31-17)10-28-6-5-18(27-28)20(22,23)24/h1-8,11-12H,9-10H2,(H,26,30). The molecule has 1 aromatic carbocycles. The smallest absolute Gasteiger partial charge is 0.321 e. The molecule has 0 aliphatic rings. The Labute approximate surface area is 187 Å². The van der Waals surface area contributed by atoms with E-state index >= 15 is 0 Å². The lowest BCUT2D eigenvalue weighted by atomic mass is 10.2. The number of aromatic nitrogens is 4. The Morgan fingerprint density at radius 2 is 1.84 bits per heavy atom. The van der Waals surface area contributed by atoms with Gasteiger partial charge < -0.3 is 5.32 Å². The highest BCUT2D eigenvalue weighted by Crippen LogP contribution is 2.27. The minimum Gasteiger partial charge on any atom is -0.321 e. The zero-order chi connectivity index (χ0) is 22.0. The largest absolute Gasteiger partial charge is 0.435 e. The van der Waals surface area contributed by atoms with Gasteiger partial charge in [-0.15, -0.1) is 11.3 Å². The van der Waals surface area contributed by atoms with Gasteiger partial charge in [-0.1, -0.05) is 12.1 Å². The van der Waals surface area contributed by atoms with Gasteiger partial charge in [0.15, 0.2) is 5.69 Å². The van der Waals surface area contributed by atoms with Crippen LogP contribution in [-0.2, 0) is 19.3 Å². The highest BCUT2D eigenvalue weighted by atomic mass is 79.9. The topological polar surface area (TPSA) is 64.7 Å². The Morgan fingerprint density at radius 1 is 1.10 bits per heavy atom. The van der Waals surface area contributed by atoms with Crippen molar-refractivity contribution < 1.29 is 18.0 Å². The second-order valence-corrected chi connectivity index (χ2v) is 8.55. The highest BCUT2D eigenvalue weighted by Gasteiger charge is 2.33. The first-order valence-corrected chi connectivity index (χ1v) is 10.7. The van der Waals surface area contributed by atoms with Crippen LogP contribution in [-0.4, -0.2) is 25.5 Å². The number of amides is 1. The molecule has 4 rings (SSSR count). The number of halogens is 4. The molecule has 0 atom stereocenters. The van der Waals surface area contributed by atoms with Crippen molar-refractivity contribution >= 4 is 38.9 Å². The molecule has 3 aromatic heterocycles. The molecule has 4 aromatic rings. The Balaban J connectivity index is 1.36. The van der Waals surface area contributed by atoms with Gasteiger partial charge in [-0.3, -0.25) is 14.2 Å². The molecule has 0 fully saturated rings. The predicted octanol–water partition coefficient (Wildman–Crippen LogP) is 5.27. The van der Waals surface area contributed by atoms with Crippen molar-refractivity contribution in [2.45, 2.75) is 19.3 Å². The van der Waals surface area contributed by atoms with Gasteiger partial charge in [0.2, 0.25) is 0 Å². The van der Waals surface area contributed by atoms with Crippen LogP contribution in [0.1, 0.15) is 26.5 Å². The molecule has 160 valence electrons. The van der Waals surface area contributed by atoms with Gasteiger partial charge in [-0.05, 0) is 56.7 Å². The summed E-state index contributed by atoms with van der Waals surface area (Å²) in [6, 6.07) is 10.0. The van der Waals surface area contributed by atoms with Crippen LogP contribution in [0, 0.1) is 0 Å². The number of benzene rings is 1. The number of alkyl halides is 3. The Hall–Kier alpha value is -2.92. The second-order valence-electron chi connectivity index (χ2n) is 6.72. The van der Waals surface area contributed by atoms with Crippen molar-refractivity contribution in [2.24, 2.45) is 0 Å². The summed E-state index contributed by atoms with van der Waals surface area (Å²) >= 11 is 4.58. The lowest BCUT2D eigenvalue weighted by molar-refractivity contribution is -0.141. The van der Waals surface area contributed by atoms with Gasteiger partial charge in [0.1, 0.15) is 0 Å². The summed E-state index contributed by atoms with van der Waals surface area (Å²) in [4.78, 5) is 13.0. The van der Waals surface area contributed by atoms with Crippen molar-refractivity contribution in [3.8, 4) is 0 Å². The fraction of sp³-hybridized carbons (Fsp3) is 0.150. The molecule has 0 aliphatic carbocycles. The molecule has 0 radical (unpaired) electrons. The second kappa shape index (κ2) is 8.67. The Bertz CT molecular complexity index is 1200. The average molecular weight is 510 g/mol. The fourth-order valence-electron chi connectivity index (χ4n) is 2.86. The fourth-order valence-corrected chi connectivity index (χ4v) is 3.99. The number of hydrogen-bond donors (Lipinski definition) is 1. The number of rotatable bonds is 6. The summed E-state index contributed by atoms with van der Waals surface area (Å²) in [5, 5.41) is 12.3. The molecule has 3 heterocycles. The third-order valence-corrected chi connectivity index (χ3v) is 5.70. The van der Waals surface area contributed by atoms with Crippen LogP contribution in [0.2, 0.25) is 0 Å². The first-order valence-electron chi connectivity index (χ1n) is 9.02. The van der Waals surface area contributed by atoms with Gasteiger partial charge in [-0.2, -0.15) is 23.4 Å². The lowest BCUT2D eigenvalue weighted by Gasteiger charge is -2.06. The molecule has 11 heteroatoms. The van der Waals surface area contributed by atoms with Crippen LogP contribution >= 0.6 is 27.3 Å². The van der Waals surface area contributed by atoms with Gasteiger partial charge >= 0.3 is 6.18 Å². The number of nitrogens with zero attached hydrogens (tertiary/aromatic N) is 4. The number of hydrogen-bond acceptors (Lipinski definition) is 4. The highest BCUT2D eigenvalue weighted by molar-refractivity contribution is 9.10.